The normalized spacial score (nSPS) is 11.4. The molecule has 0 saturated heterocycles. The number of amides is 1. The van der Waals surface area contributed by atoms with Gasteiger partial charge in [0.25, 0.3) is 0 Å². The fourth-order valence-electron chi connectivity index (χ4n) is 2.54. The van der Waals surface area contributed by atoms with Crippen LogP contribution in [-0.4, -0.2) is 44.1 Å². The van der Waals surface area contributed by atoms with Crippen molar-refractivity contribution in [2.45, 2.75) is 39.8 Å². The van der Waals surface area contributed by atoms with E-state index in [1.54, 1.807) is 11.0 Å². The molecule has 0 aliphatic heterocycles. The molecule has 9 heteroatoms. The first kappa shape index (κ1) is 19.0. The van der Waals surface area contributed by atoms with Crippen LogP contribution < -0.4 is 0 Å². The minimum Gasteiger partial charge on any atom is -0.364 e. The molecule has 0 spiro atoms. The molecule has 0 atom stereocenters. The van der Waals surface area contributed by atoms with E-state index in [0.29, 0.717) is 35.1 Å². The first-order valence-corrected chi connectivity index (χ1v) is 8.78. The quantitative estimate of drug-likeness (QED) is 0.650. The molecule has 0 bridgehead atoms. The molecule has 0 saturated carbocycles. The number of H-pyrrole nitrogens is 1. The number of hydrogen-bond donors (Lipinski definition) is 1. The van der Waals surface area contributed by atoms with Gasteiger partial charge in [0.05, 0.1) is 11.0 Å². The van der Waals surface area contributed by atoms with Crippen molar-refractivity contribution in [3.63, 3.8) is 0 Å². The highest BCUT2D eigenvalue weighted by Crippen LogP contribution is 2.14. The largest absolute Gasteiger partial charge is 0.364 e. The molecular formula is C18H22FN5O3. The van der Waals surface area contributed by atoms with Crippen LogP contribution in [0.2, 0.25) is 0 Å². The van der Waals surface area contributed by atoms with Crippen LogP contribution in [-0.2, 0) is 22.7 Å². The smallest absolute Gasteiger partial charge is 0.249 e. The van der Waals surface area contributed by atoms with Crippen molar-refractivity contribution in [1.82, 2.24) is 25.0 Å². The van der Waals surface area contributed by atoms with Crippen LogP contribution in [0.3, 0.4) is 0 Å². The summed E-state index contributed by atoms with van der Waals surface area (Å²) in [5.41, 5.74) is 1.24. The Bertz CT molecular complexity index is 921. The summed E-state index contributed by atoms with van der Waals surface area (Å²) in [5, 5.41) is 3.90. The van der Waals surface area contributed by atoms with E-state index < -0.39 is 0 Å². The summed E-state index contributed by atoms with van der Waals surface area (Å²) in [6.45, 7) is 6.55. The standard InChI is InChI=1S/C18H22FN5O3/c1-4-24(8-16-22-18(11(2)3)23-27-16)17(25)10-26-9-15-20-13-6-5-12(19)7-14(13)21-15/h5-7,11H,4,8-10H2,1-3H3,(H,20,21). The van der Waals surface area contributed by atoms with Gasteiger partial charge in [-0.25, -0.2) is 9.37 Å². The molecule has 2 heterocycles. The Labute approximate surface area is 155 Å². The van der Waals surface area contributed by atoms with Crippen molar-refractivity contribution in [3.05, 3.63) is 41.6 Å². The van der Waals surface area contributed by atoms with E-state index >= 15 is 0 Å². The number of ether oxygens (including phenoxy) is 1. The SMILES string of the molecule is CCN(Cc1nc(C(C)C)no1)C(=O)COCc1nc2ccc(F)cc2[nH]1. The molecule has 0 unspecified atom stereocenters. The van der Waals surface area contributed by atoms with E-state index in [4.69, 9.17) is 9.26 Å². The number of benzene rings is 1. The Hall–Kier alpha value is -2.81. The number of aromatic nitrogens is 4. The monoisotopic (exact) mass is 375 g/mol. The van der Waals surface area contributed by atoms with E-state index in [2.05, 4.69) is 20.1 Å². The zero-order valence-corrected chi connectivity index (χ0v) is 15.5. The van der Waals surface area contributed by atoms with Crippen LogP contribution in [0.25, 0.3) is 11.0 Å². The summed E-state index contributed by atoms with van der Waals surface area (Å²) in [6.07, 6.45) is 0. The predicted molar refractivity (Wildman–Crippen MR) is 95.2 cm³/mol. The van der Waals surface area contributed by atoms with Crippen molar-refractivity contribution in [2.75, 3.05) is 13.2 Å². The highest BCUT2D eigenvalue weighted by atomic mass is 19.1. The topological polar surface area (TPSA) is 97.1 Å². The van der Waals surface area contributed by atoms with Gasteiger partial charge in [-0.15, -0.1) is 0 Å². The number of carbonyl (C=O) groups excluding carboxylic acids is 1. The number of imidazole rings is 1. The fourth-order valence-corrected chi connectivity index (χ4v) is 2.54. The van der Waals surface area contributed by atoms with Crippen molar-refractivity contribution in [2.24, 2.45) is 0 Å². The third kappa shape index (κ3) is 4.68. The second kappa shape index (κ2) is 8.26. The van der Waals surface area contributed by atoms with E-state index in [-0.39, 0.29) is 37.4 Å². The van der Waals surface area contributed by atoms with Gasteiger partial charge in [0.15, 0.2) is 5.82 Å². The molecule has 144 valence electrons. The van der Waals surface area contributed by atoms with E-state index in [9.17, 15) is 9.18 Å². The summed E-state index contributed by atoms with van der Waals surface area (Å²) in [6, 6.07) is 4.30. The third-order valence-corrected chi connectivity index (χ3v) is 4.02. The van der Waals surface area contributed by atoms with Gasteiger partial charge in [-0.2, -0.15) is 4.98 Å². The Morgan fingerprint density at radius 2 is 2.19 bits per heavy atom. The van der Waals surface area contributed by atoms with E-state index in [1.165, 1.54) is 12.1 Å². The highest BCUT2D eigenvalue weighted by molar-refractivity contribution is 5.77. The van der Waals surface area contributed by atoms with Gasteiger partial charge in [-0.1, -0.05) is 19.0 Å². The molecule has 2 aromatic heterocycles. The lowest BCUT2D eigenvalue weighted by atomic mass is 10.2. The van der Waals surface area contributed by atoms with Crippen LogP contribution in [0, 0.1) is 5.82 Å². The van der Waals surface area contributed by atoms with Crippen molar-refractivity contribution in [1.29, 1.82) is 0 Å². The molecule has 0 radical (unpaired) electrons. The van der Waals surface area contributed by atoms with Crippen LogP contribution in [0.5, 0.6) is 0 Å². The number of fused-ring (bicyclic) bond motifs is 1. The average Bonchev–Trinajstić information content (AvgIpc) is 3.25. The lowest BCUT2D eigenvalue weighted by Gasteiger charge is -2.18. The first-order valence-electron chi connectivity index (χ1n) is 8.78. The molecule has 0 fully saturated rings. The number of carbonyl (C=O) groups is 1. The van der Waals surface area contributed by atoms with Crippen molar-refractivity contribution in [3.8, 4) is 0 Å². The van der Waals surface area contributed by atoms with Gasteiger partial charge in [0, 0.05) is 12.5 Å². The molecule has 0 aliphatic rings. The van der Waals surface area contributed by atoms with Crippen LogP contribution in [0.4, 0.5) is 4.39 Å². The maximum Gasteiger partial charge on any atom is 0.249 e. The Balaban J connectivity index is 1.53. The fraction of sp³-hybridized carbons (Fsp3) is 0.444. The lowest BCUT2D eigenvalue weighted by molar-refractivity contribution is -0.137. The molecule has 0 aliphatic carbocycles. The molecule has 27 heavy (non-hydrogen) atoms. The number of nitrogens with one attached hydrogen (secondary N) is 1. The average molecular weight is 375 g/mol. The summed E-state index contributed by atoms with van der Waals surface area (Å²) in [5.74, 6) is 1.18. The van der Waals surface area contributed by atoms with Crippen LogP contribution in [0.1, 0.15) is 44.2 Å². The van der Waals surface area contributed by atoms with Crippen LogP contribution in [0.15, 0.2) is 22.7 Å². The maximum absolute atomic E-state index is 13.2. The number of nitrogens with zero attached hydrogens (tertiary/aromatic N) is 4. The van der Waals surface area contributed by atoms with Crippen molar-refractivity contribution < 1.29 is 18.4 Å². The molecule has 8 nitrogen and oxygen atoms in total. The Kier molecular flexibility index (Phi) is 5.80. The highest BCUT2D eigenvalue weighted by Gasteiger charge is 2.17. The number of hydrogen-bond acceptors (Lipinski definition) is 6. The maximum atomic E-state index is 13.2. The molecule has 1 N–H and O–H groups in total. The first-order chi connectivity index (χ1) is 13.0. The zero-order chi connectivity index (χ0) is 19.4. The predicted octanol–water partition coefficient (Wildman–Crippen LogP) is 2.77. The molecule has 1 aromatic carbocycles. The van der Waals surface area contributed by atoms with Gasteiger partial charge >= 0.3 is 0 Å². The summed E-state index contributed by atoms with van der Waals surface area (Å²) in [7, 11) is 0. The van der Waals surface area contributed by atoms with Gasteiger partial charge in [0.1, 0.15) is 31.4 Å². The number of rotatable bonds is 8. The van der Waals surface area contributed by atoms with E-state index in [1.807, 2.05) is 20.8 Å². The van der Waals surface area contributed by atoms with Gasteiger partial charge in [0.2, 0.25) is 11.8 Å². The van der Waals surface area contributed by atoms with Gasteiger partial charge in [-0.3, -0.25) is 4.79 Å². The van der Waals surface area contributed by atoms with Crippen LogP contribution >= 0.6 is 0 Å². The molecule has 3 aromatic rings. The third-order valence-electron chi connectivity index (χ3n) is 4.02. The molecule has 3 rings (SSSR count). The Morgan fingerprint density at radius 1 is 1.37 bits per heavy atom. The molecular weight excluding hydrogens is 353 g/mol. The zero-order valence-electron chi connectivity index (χ0n) is 15.5. The summed E-state index contributed by atoms with van der Waals surface area (Å²) >= 11 is 0. The second-order valence-corrected chi connectivity index (χ2v) is 6.45. The number of aromatic amines is 1. The van der Waals surface area contributed by atoms with Gasteiger partial charge in [-0.05, 0) is 25.1 Å². The van der Waals surface area contributed by atoms with E-state index in [0.717, 1.165) is 0 Å². The van der Waals surface area contributed by atoms with Gasteiger partial charge < -0.3 is 19.1 Å². The minimum atomic E-state index is -0.339. The summed E-state index contributed by atoms with van der Waals surface area (Å²) < 4.78 is 23.9. The second-order valence-electron chi connectivity index (χ2n) is 6.45. The number of halogens is 1. The number of likely N-dealkylation sites (N-methyl/N-ethyl adjacent to an activating group) is 1. The minimum absolute atomic E-state index is 0.107. The Morgan fingerprint density at radius 3 is 2.89 bits per heavy atom. The summed E-state index contributed by atoms with van der Waals surface area (Å²) in [4.78, 5) is 25.5. The molecule has 1 amide bonds. The van der Waals surface area contributed by atoms with Crippen molar-refractivity contribution >= 4 is 16.9 Å². The lowest BCUT2D eigenvalue weighted by Crippen LogP contribution is -2.33.